The predicted octanol–water partition coefficient (Wildman–Crippen LogP) is 0.174. The van der Waals surface area contributed by atoms with Crippen molar-refractivity contribution in [3.05, 3.63) is 0 Å². The van der Waals surface area contributed by atoms with Gasteiger partial charge in [-0.1, -0.05) is 13.3 Å². The Labute approximate surface area is 181 Å². The number of fused-ring (bicyclic) bond motifs is 2. The number of Topliss-reactive ketones (excluding diaryl/α,β-unsaturated/α-hetero) is 1. The Balaban J connectivity index is 0.000000291. The highest BCUT2D eigenvalue weighted by atomic mass is 16.4. The molecule has 2 fully saturated rings. The van der Waals surface area contributed by atoms with Crippen molar-refractivity contribution in [3.63, 3.8) is 0 Å². The van der Waals surface area contributed by atoms with Gasteiger partial charge in [-0.3, -0.25) is 14.7 Å². The molecule has 4 N–H and O–H groups in total. The highest BCUT2D eigenvalue weighted by Gasteiger charge is 2.47. The molecule has 5 unspecified atom stereocenters. The molecule has 0 aromatic carbocycles. The predicted molar refractivity (Wildman–Crippen MR) is 109 cm³/mol. The Hall–Kier alpha value is -2.35. The molecule has 10 nitrogen and oxygen atoms in total. The van der Waals surface area contributed by atoms with E-state index >= 15 is 0 Å². The number of aliphatic hydroxyl groups is 2. The summed E-state index contributed by atoms with van der Waals surface area (Å²) >= 11 is 0. The van der Waals surface area contributed by atoms with Gasteiger partial charge in [0.15, 0.2) is 18.0 Å². The number of carboxylic acids is 2. The first-order valence-corrected chi connectivity index (χ1v) is 10.6. The van der Waals surface area contributed by atoms with Gasteiger partial charge in [-0.25, -0.2) is 9.59 Å². The molecule has 2 aliphatic heterocycles. The Morgan fingerprint density at radius 2 is 1.77 bits per heavy atom. The van der Waals surface area contributed by atoms with E-state index in [2.05, 4.69) is 17.9 Å². The van der Waals surface area contributed by atoms with Crippen LogP contribution in [0.25, 0.3) is 0 Å². The van der Waals surface area contributed by atoms with E-state index in [9.17, 15) is 14.4 Å². The van der Waals surface area contributed by atoms with Gasteiger partial charge in [-0.15, -0.1) is 0 Å². The minimum Gasteiger partial charge on any atom is -0.479 e. The van der Waals surface area contributed by atoms with Gasteiger partial charge in [-0.2, -0.15) is 5.26 Å². The molecule has 3 aliphatic rings. The van der Waals surface area contributed by atoms with Crippen LogP contribution in [0.4, 0.5) is 0 Å². The molecule has 10 heteroatoms. The molecule has 0 aromatic rings. The molecule has 0 spiro atoms. The van der Waals surface area contributed by atoms with Crippen molar-refractivity contribution in [2.24, 2.45) is 28.7 Å². The molecule has 1 saturated heterocycles. The zero-order valence-corrected chi connectivity index (χ0v) is 17.8. The SMILES string of the molecule is CCC1C2CCC(C(C)=O)N=C2C[C@@H]2CN(CC#N)C[C@@H]12.O=C(O)C(O)C(O)C(=O)O. The van der Waals surface area contributed by atoms with Crippen molar-refractivity contribution >= 4 is 23.4 Å². The summed E-state index contributed by atoms with van der Waals surface area (Å²) in [4.78, 5) is 38.3. The number of nitriles is 1. The summed E-state index contributed by atoms with van der Waals surface area (Å²) in [5, 5.41) is 41.5. The molecular weight excluding hydrogens is 406 g/mol. The number of hydrogen-bond acceptors (Lipinski definition) is 8. The zero-order chi connectivity index (χ0) is 23.3. The summed E-state index contributed by atoms with van der Waals surface area (Å²) in [5.74, 6) is -0.670. The van der Waals surface area contributed by atoms with Crippen LogP contribution >= 0.6 is 0 Å². The number of carboxylic acid groups (broad SMARTS) is 2. The van der Waals surface area contributed by atoms with Crippen LogP contribution in [0.5, 0.6) is 0 Å². The lowest BCUT2D eigenvalue weighted by Crippen LogP contribution is -2.43. The Morgan fingerprint density at radius 1 is 1.16 bits per heavy atom. The maximum absolute atomic E-state index is 11.6. The van der Waals surface area contributed by atoms with Crippen LogP contribution in [0.15, 0.2) is 4.99 Å². The van der Waals surface area contributed by atoms with Gasteiger partial charge in [0.25, 0.3) is 0 Å². The second kappa shape index (κ2) is 10.8. The first-order chi connectivity index (χ1) is 14.6. The topological polar surface area (TPSA) is 172 Å². The molecule has 31 heavy (non-hydrogen) atoms. The molecule has 0 radical (unpaired) electrons. The minimum atomic E-state index is -2.27. The molecule has 1 aliphatic carbocycles. The van der Waals surface area contributed by atoms with Crippen LogP contribution < -0.4 is 0 Å². The second-order valence-corrected chi connectivity index (χ2v) is 8.55. The van der Waals surface area contributed by atoms with Gasteiger partial charge in [0.2, 0.25) is 0 Å². The average Bonchev–Trinajstić information content (AvgIpc) is 3.12. The second-order valence-electron chi connectivity index (χ2n) is 8.55. The number of ketones is 1. The van der Waals surface area contributed by atoms with Crippen LogP contribution in [0.1, 0.15) is 39.5 Å². The summed E-state index contributed by atoms with van der Waals surface area (Å²) in [6, 6.07) is 2.21. The monoisotopic (exact) mass is 437 g/mol. The quantitative estimate of drug-likeness (QED) is 0.423. The fraction of sp³-hybridized carbons (Fsp3) is 0.762. The third-order valence-electron chi connectivity index (χ3n) is 6.65. The van der Waals surface area contributed by atoms with E-state index in [0.717, 1.165) is 38.3 Å². The number of nitrogens with zero attached hydrogens (tertiary/aromatic N) is 3. The van der Waals surface area contributed by atoms with Crippen molar-refractivity contribution < 1.29 is 34.8 Å². The van der Waals surface area contributed by atoms with E-state index in [1.807, 2.05) is 0 Å². The molecular formula is C21H31N3O7. The molecule has 3 rings (SSSR count). The van der Waals surface area contributed by atoms with E-state index < -0.39 is 24.1 Å². The van der Waals surface area contributed by atoms with E-state index in [1.165, 1.54) is 12.1 Å². The highest BCUT2D eigenvalue weighted by Crippen LogP contribution is 2.46. The lowest BCUT2D eigenvalue weighted by molar-refractivity contribution is -0.165. The molecule has 2 heterocycles. The molecule has 7 atom stereocenters. The number of aliphatic carboxylic acids is 2. The average molecular weight is 437 g/mol. The summed E-state index contributed by atoms with van der Waals surface area (Å²) in [7, 11) is 0. The van der Waals surface area contributed by atoms with Gasteiger partial charge in [0.05, 0.1) is 12.6 Å². The number of carbonyl (C=O) groups excluding carboxylic acids is 1. The third-order valence-corrected chi connectivity index (χ3v) is 6.65. The van der Waals surface area contributed by atoms with E-state index in [-0.39, 0.29) is 11.8 Å². The van der Waals surface area contributed by atoms with Crippen LogP contribution in [-0.4, -0.2) is 86.6 Å². The fourth-order valence-electron chi connectivity index (χ4n) is 5.17. The zero-order valence-electron chi connectivity index (χ0n) is 17.8. The summed E-state index contributed by atoms with van der Waals surface area (Å²) in [5.41, 5.74) is 1.31. The number of rotatable bonds is 6. The first-order valence-electron chi connectivity index (χ1n) is 10.6. The lowest BCUT2D eigenvalue weighted by Gasteiger charge is -2.43. The largest absolute Gasteiger partial charge is 0.479 e. The Bertz CT molecular complexity index is 745. The molecule has 172 valence electrons. The molecule has 1 saturated carbocycles. The maximum atomic E-state index is 11.6. The van der Waals surface area contributed by atoms with Gasteiger partial charge in [0, 0.05) is 24.7 Å². The normalized spacial score (nSPS) is 31.6. The molecule has 0 aromatic heterocycles. The van der Waals surface area contributed by atoms with Crippen LogP contribution in [0, 0.1) is 35.0 Å². The van der Waals surface area contributed by atoms with E-state index in [1.54, 1.807) is 6.92 Å². The Morgan fingerprint density at radius 3 is 2.26 bits per heavy atom. The van der Waals surface area contributed by atoms with Crippen LogP contribution in [0.3, 0.4) is 0 Å². The lowest BCUT2D eigenvalue weighted by atomic mass is 9.63. The number of hydrogen-bond donors (Lipinski definition) is 4. The Kier molecular flexibility index (Phi) is 8.68. The first kappa shape index (κ1) is 24.9. The van der Waals surface area contributed by atoms with Gasteiger partial charge in [0.1, 0.15) is 6.04 Å². The highest BCUT2D eigenvalue weighted by molar-refractivity contribution is 5.93. The fourth-order valence-corrected chi connectivity index (χ4v) is 5.17. The van der Waals surface area contributed by atoms with Crippen LogP contribution in [-0.2, 0) is 14.4 Å². The smallest absolute Gasteiger partial charge is 0.335 e. The van der Waals surface area contributed by atoms with Crippen molar-refractivity contribution in [2.45, 2.75) is 57.8 Å². The van der Waals surface area contributed by atoms with Gasteiger partial charge in [-0.05, 0) is 43.9 Å². The number of aliphatic hydroxyl groups excluding tert-OH is 2. The number of aliphatic imine (C=N–C) groups is 1. The van der Waals surface area contributed by atoms with Crippen molar-refractivity contribution in [1.29, 1.82) is 5.26 Å². The van der Waals surface area contributed by atoms with Crippen molar-refractivity contribution in [3.8, 4) is 6.07 Å². The van der Waals surface area contributed by atoms with Gasteiger partial charge >= 0.3 is 11.9 Å². The maximum Gasteiger partial charge on any atom is 0.335 e. The molecule has 0 amide bonds. The van der Waals surface area contributed by atoms with Crippen molar-refractivity contribution in [2.75, 3.05) is 19.6 Å². The summed E-state index contributed by atoms with van der Waals surface area (Å²) in [6.07, 6.45) is -0.231. The van der Waals surface area contributed by atoms with Crippen LogP contribution in [0.2, 0.25) is 0 Å². The standard InChI is InChI=1S/C17H25N3O.C4H6O6/c1-3-13-14-4-5-16(11(2)21)19-17(14)8-12-9-20(7-6-18)10-15(12)13;5-1(3(7)8)2(6)4(9)10/h12-16H,3-5,7-10H2,1-2H3;1-2,5-6H,(H,7,8)(H,9,10)/t12-,13?,14?,15-,16?;/m1./s1. The minimum absolute atomic E-state index is 0.0816. The summed E-state index contributed by atoms with van der Waals surface area (Å²) < 4.78 is 0. The van der Waals surface area contributed by atoms with Crippen molar-refractivity contribution in [1.82, 2.24) is 4.90 Å². The third kappa shape index (κ3) is 5.87. The number of likely N-dealkylation sites (tertiary alicyclic amines) is 1. The van der Waals surface area contributed by atoms with Gasteiger partial charge < -0.3 is 20.4 Å². The van der Waals surface area contributed by atoms with E-state index in [0.29, 0.717) is 24.3 Å². The van der Waals surface area contributed by atoms with E-state index in [4.69, 9.17) is 30.7 Å². The molecule has 0 bridgehead atoms. The summed E-state index contributed by atoms with van der Waals surface area (Å²) in [6.45, 7) is 6.62. The number of carbonyl (C=O) groups is 3.